The molecule has 0 saturated carbocycles. The third kappa shape index (κ3) is 1.98. The van der Waals surface area contributed by atoms with Crippen molar-refractivity contribution in [3.8, 4) is 0 Å². The lowest BCUT2D eigenvalue weighted by Crippen LogP contribution is -2.21. The number of aromatic nitrogens is 1. The molecule has 2 heterocycles. The van der Waals surface area contributed by atoms with E-state index in [9.17, 15) is 4.79 Å². The number of aryl methyl sites for hydroxylation is 3. The van der Waals surface area contributed by atoms with Crippen molar-refractivity contribution in [3.63, 3.8) is 0 Å². The third-order valence-corrected chi connectivity index (χ3v) is 4.32. The number of carbonyl (C=O) groups is 1. The first-order valence-electron chi connectivity index (χ1n) is 7.14. The van der Waals surface area contributed by atoms with Crippen LogP contribution in [0.15, 0.2) is 22.7 Å². The predicted molar refractivity (Wildman–Crippen MR) is 77.2 cm³/mol. The van der Waals surface area contributed by atoms with Gasteiger partial charge in [-0.05, 0) is 51.7 Å². The minimum Gasteiger partial charge on any atom is -0.466 e. The average Bonchev–Trinajstić information content (AvgIpc) is 2.71. The Bertz CT molecular complexity index is 670. The van der Waals surface area contributed by atoms with E-state index >= 15 is 0 Å². The zero-order valence-electron chi connectivity index (χ0n) is 12.2. The Hall–Kier alpha value is -1.90. The van der Waals surface area contributed by atoms with Crippen molar-refractivity contribution in [2.45, 2.75) is 46.0 Å². The molecular weight excluding hydrogens is 250 g/mol. The molecule has 1 aliphatic rings. The second-order valence-corrected chi connectivity index (χ2v) is 5.57. The Morgan fingerprint density at radius 1 is 1.30 bits per heavy atom. The summed E-state index contributed by atoms with van der Waals surface area (Å²) in [5, 5.41) is 0. The molecule has 0 N–H and O–H groups in total. The predicted octanol–water partition coefficient (Wildman–Crippen LogP) is 3.90. The van der Waals surface area contributed by atoms with Gasteiger partial charge in [0, 0.05) is 11.8 Å². The first-order valence-corrected chi connectivity index (χ1v) is 7.14. The normalized spacial score (nSPS) is 17.9. The largest absolute Gasteiger partial charge is 0.466 e. The van der Waals surface area contributed by atoms with Gasteiger partial charge in [0.1, 0.15) is 11.5 Å². The van der Waals surface area contributed by atoms with Crippen molar-refractivity contribution >= 4 is 5.78 Å². The number of fused-ring (bicyclic) bond motifs is 1. The molecule has 3 heteroatoms. The van der Waals surface area contributed by atoms with E-state index in [2.05, 4.69) is 11.1 Å². The van der Waals surface area contributed by atoms with Crippen molar-refractivity contribution in [1.82, 2.24) is 4.98 Å². The molecule has 0 bridgehead atoms. The van der Waals surface area contributed by atoms with E-state index in [4.69, 9.17) is 4.42 Å². The highest BCUT2D eigenvalue weighted by Gasteiger charge is 2.31. The van der Waals surface area contributed by atoms with Crippen LogP contribution in [0.25, 0.3) is 0 Å². The number of hydrogen-bond donors (Lipinski definition) is 0. The molecule has 104 valence electrons. The standard InChI is InChI=1S/C17H19NO2/c1-10-11(2)20-12(3)15(10)17(19)14-8-4-6-13-7-5-9-18-16(13)14/h5,7,9,14H,4,6,8H2,1-3H3. The van der Waals surface area contributed by atoms with Crippen LogP contribution in [0, 0.1) is 20.8 Å². The molecule has 20 heavy (non-hydrogen) atoms. The van der Waals surface area contributed by atoms with E-state index < -0.39 is 0 Å². The number of carbonyl (C=O) groups excluding carboxylic acids is 1. The van der Waals surface area contributed by atoms with Crippen molar-refractivity contribution in [2.24, 2.45) is 0 Å². The molecule has 1 atom stereocenters. The molecule has 0 aliphatic heterocycles. The summed E-state index contributed by atoms with van der Waals surface area (Å²) in [5.41, 5.74) is 3.90. The van der Waals surface area contributed by atoms with Crippen LogP contribution in [0.4, 0.5) is 0 Å². The minimum atomic E-state index is -0.116. The van der Waals surface area contributed by atoms with Crippen LogP contribution in [0.3, 0.4) is 0 Å². The monoisotopic (exact) mass is 269 g/mol. The number of furan rings is 1. The fourth-order valence-corrected chi connectivity index (χ4v) is 3.19. The Balaban J connectivity index is 2.04. The molecule has 0 saturated heterocycles. The molecule has 2 aromatic rings. The van der Waals surface area contributed by atoms with Gasteiger partial charge < -0.3 is 4.42 Å². The summed E-state index contributed by atoms with van der Waals surface area (Å²) in [4.78, 5) is 17.4. The maximum Gasteiger partial charge on any atom is 0.175 e. The zero-order chi connectivity index (χ0) is 14.3. The highest BCUT2D eigenvalue weighted by Crippen LogP contribution is 2.35. The lowest BCUT2D eigenvalue weighted by Gasteiger charge is -2.23. The SMILES string of the molecule is Cc1oc(C)c(C(=O)C2CCCc3cccnc32)c1C. The molecule has 3 nitrogen and oxygen atoms in total. The quantitative estimate of drug-likeness (QED) is 0.776. The summed E-state index contributed by atoms with van der Waals surface area (Å²) in [6, 6.07) is 4.03. The number of hydrogen-bond acceptors (Lipinski definition) is 3. The summed E-state index contributed by atoms with van der Waals surface area (Å²) in [5.74, 6) is 1.61. The van der Waals surface area contributed by atoms with Crippen LogP contribution in [0.2, 0.25) is 0 Å². The van der Waals surface area contributed by atoms with E-state index in [0.29, 0.717) is 0 Å². The number of Topliss-reactive ketones (excluding diaryl/α,β-unsaturated/α-hetero) is 1. The topological polar surface area (TPSA) is 43.1 Å². The molecular formula is C17H19NO2. The van der Waals surface area contributed by atoms with E-state index in [1.807, 2.05) is 26.8 Å². The first-order chi connectivity index (χ1) is 9.59. The third-order valence-electron chi connectivity index (χ3n) is 4.32. The molecule has 0 amide bonds. The molecule has 1 aliphatic carbocycles. The van der Waals surface area contributed by atoms with Gasteiger partial charge in [0.25, 0.3) is 0 Å². The van der Waals surface area contributed by atoms with Crippen molar-refractivity contribution in [1.29, 1.82) is 0 Å². The minimum absolute atomic E-state index is 0.116. The van der Waals surface area contributed by atoms with Crippen molar-refractivity contribution < 1.29 is 9.21 Å². The van der Waals surface area contributed by atoms with Gasteiger partial charge >= 0.3 is 0 Å². The lowest BCUT2D eigenvalue weighted by molar-refractivity contribution is 0.0947. The summed E-state index contributed by atoms with van der Waals surface area (Å²) in [6.45, 7) is 5.74. The zero-order valence-corrected chi connectivity index (χ0v) is 12.2. The van der Waals surface area contributed by atoms with Crippen LogP contribution in [0.1, 0.15) is 57.5 Å². The molecule has 0 radical (unpaired) electrons. The smallest absolute Gasteiger partial charge is 0.175 e. The van der Waals surface area contributed by atoms with E-state index in [1.165, 1.54) is 5.56 Å². The Labute approximate surface area is 119 Å². The van der Waals surface area contributed by atoms with Crippen LogP contribution in [0.5, 0.6) is 0 Å². The highest BCUT2D eigenvalue weighted by molar-refractivity contribution is 6.03. The van der Waals surface area contributed by atoms with Crippen LogP contribution < -0.4 is 0 Å². The summed E-state index contributed by atoms with van der Waals surface area (Å²) in [6.07, 6.45) is 4.73. The second kappa shape index (κ2) is 4.89. The van der Waals surface area contributed by atoms with E-state index in [0.717, 1.165) is 47.6 Å². The van der Waals surface area contributed by atoms with Crippen molar-refractivity contribution in [2.75, 3.05) is 0 Å². The lowest BCUT2D eigenvalue weighted by atomic mass is 9.81. The number of ketones is 1. The molecule has 1 unspecified atom stereocenters. The van der Waals surface area contributed by atoms with Gasteiger partial charge in [0.05, 0.1) is 17.2 Å². The van der Waals surface area contributed by atoms with Gasteiger partial charge in [0.15, 0.2) is 5.78 Å². The molecule has 0 aromatic carbocycles. The number of rotatable bonds is 2. The fourth-order valence-electron chi connectivity index (χ4n) is 3.19. The maximum atomic E-state index is 12.9. The first kappa shape index (κ1) is 13.1. The molecule has 0 spiro atoms. The Morgan fingerprint density at radius 3 is 2.80 bits per heavy atom. The van der Waals surface area contributed by atoms with Crippen LogP contribution in [-0.2, 0) is 6.42 Å². The average molecular weight is 269 g/mol. The van der Waals surface area contributed by atoms with Gasteiger partial charge in [-0.1, -0.05) is 6.07 Å². The van der Waals surface area contributed by atoms with Gasteiger partial charge in [0.2, 0.25) is 0 Å². The molecule has 2 aromatic heterocycles. The van der Waals surface area contributed by atoms with Crippen molar-refractivity contribution in [3.05, 3.63) is 52.2 Å². The number of pyridine rings is 1. The molecule has 0 fully saturated rings. The molecule has 3 rings (SSSR count). The maximum absolute atomic E-state index is 12.9. The van der Waals surface area contributed by atoms with Gasteiger partial charge in [-0.15, -0.1) is 0 Å². The Kier molecular flexibility index (Phi) is 3.20. The summed E-state index contributed by atoms with van der Waals surface area (Å²) >= 11 is 0. The van der Waals surface area contributed by atoms with Crippen LogP contribution >= 0.6 is 0 Å². The van der Waals surface area contributed by atoms with Gasteiger partial charge in [-0.3, -0.25) is 9.78 Å². The second-order valence-electron chi connectivity index (χ2n) is 5.57. The number of nitrogens with zero attached hydrogens (tertiary/aromatic N) is 1. The Morgan fingerprint density at radius 2 is 2.10 bits per heavy atom. The van der Waals surface area contributed by atoms with E-state index in [-0.39, 0.29) is 11.7 Å². The fraction of sp³-hybridized carbons (Fsp3) is 0.412. The summed E-state index contributed by atoms with van der Waals surface area (Å²) in [7, 11) is 0. The van der Waals surface area contributed by atoms with Gasteiger partial charge in [-0.2, -0.15) is 0 Å². The van der Waals surface area contributed by atoms with E-state index in [1.54, 1.807) is 6.20 Å². The van der Waals surface area contributed by atoms with Crippen LogP contribution in [-0.4, -0.2) is 10.8 Å². The van der Waals surface area contributed by atoms with Gasteiger partial charge in [-0.25, -0.2) is 0 Å². The highest BCUT2D eigenvalue weighted by atomic mass is 16.3. The summed E-state index contributed by atoms with van der Waals surface area (Å²) < 4.78 is 5.60.